The van der Waals surface area contributed by atoms with Crippen LogP contribution in [0.1, 0.15) is 38.5 Å². The Balaban J connectivity index is 0. The molecule has 0 radical (unpaired) electrons. The summed E-state index contributed by atoms with van der Waals surface area (Å²) in [5.41, 5.74) is 0. The van der Waals surface area contributed by atoms with Crippen LogP contribution in [-0.4, -0.2) is 12.1 Å². The number of ether oxygens (including phenoxy) is 1. The molecular formula is C12H19NaO3. The van der Waals surface area contributed by atoms with Crippen LogP contribution in [0.25, 0.3) is 0 Å². The largest absolute Gasteiger partial charge is 1.00 e. The normalized spacial score (nSPS) is 11.0. The zero-order valence-corrected chi connectivity index (χ0v) is 12.1. The fourth-order valence-corrected chi connectivity index (χ4v) is 1.33. The van der Waals surface area contributed by atoms with Gasteiger partial charge in [-0.15, -0.1) is 0 Å². The Labute approximate surface area is 120 Å². The molecule has 0 heterocycles. The van der Waals surface area contributed by atoms with Crippen LogP contribution in [0.4, 0.5) is 0 Å². The number of aliphatic carboxylic acids is 1. The summed E-state index contributed by atoms with van der Waals surface area (Å²) < 4.78 is 5.18. The van der Waals surface area contributed by atoms with Gasteiger partial charge in [0, 0.05) is 5.97 Å². The molecule has 0 N–H and O–H groups in total. The summed E-state index contributed by atoms with van der Waals surface area (Å²) in [4.78, 5) is 10.1. The van der Waals surface area contributed by atoms with Gasteiger partial charge < -0.3 is 14.6 Å². The van der Waals surface area contributed by atoms with E-state index in [2.05, 4.69) is 13.2 Å². The van der Waals surface area contributed by atoms with E-state index < -0.39 is 5.97 Å². The molecular weight excluding hydrogens is 215 g/mol. The molecule has 0 saturated carbocycles. The van der Waals surface area contributed by atoms with Crippen molar-refractivity contribution >= 4 is 5.97 Å². The minimum Gasteiger partial charge on any atom is -0.550 e. The second-order valence-corrected chi connectivity index (χ2v) is 3.40. The third-order valence-electron chi connectivity index (χ3n) is 2.15. The van der Waals surface area contributed by atoms with Gasteiger partial charge in [0.2, 0.25) is 0 Å². The third-order valence-corrected chi connectivity index (χ3v) is 2.15. The standard InChI is InChI=1S/C12H20O3.Na/c1-3-11(15-4-2)9-7-5-6-8-10-12(13)14;/h3-4,11H,1-2,5-10H2,(H,13,14);/q;+1/p-1. The van der Waals surface area contributed by atoms with Gasteiger partial charge >= 0.3 is 29.6 Å². The van der Waals surface area contributed by atoms with E-state index >= 15 is 0 Å². The van der Waals surface area contributed by atoms with Crippen LogP contribution >= 0.6 is 0 Å². The van der Waals surface area contributed by atoms with E-state index in [9.17, 15) is 9.90 Å². The first-order chi connectivity index (χ1) is 7.20. The molecule has 0 aliphatic rings. The van der Waals surface area contributed by atoms with Crippen molar-refractivity contribution in [3.8, 4) is 0 Å². The Morgan fingerprint density at radius 2 is 1.88 bits per heavy atom. The summed E-state index contributed by atoms with van der Waals surface area (Å²) >= 11 is 0. The molecule has 1 atom stereocenters. The molecule has 0 bridgehead atoms. The van der Waals surface area contributed by atoms with Gasteiger partial charge in [0.15, 0.2) is 0 Å². The monoisotopic (exact) mass is 234 g/mol. The third kappa shape index (κ3) is 11.8. The second kappa shape index (κ2) is 12.8. The first-order valence-electron chi connectivity index (χ1n) is 5.29. The smallest absolute Gasteiger partial charge is 0.550 e. The molecule has 0 amide bonds. The summed E-state index contributed by atoms with van der Waals surface area (Å²) in [6.07, 6.45) is 7.91. The van der Waals surface area contributed by atoms with E-state index in [1.807, 2.05) is 0 Å². The van der Waals surface area contributed by atoms with Crippen LogP contribution in [0.3, 0.4) is 0 Å². The molecule has 1 unspecified atom stereocenters. The summed E-state index contributed by atoms with van der Waals surface area (Å²) in [5.74, 6) is -0.964. The number of hydrogen-bond donors (Lipinski definition) is 0. The molecule has 0 aliphatic carbocycles. The first-order valence-corrected chi connectivity index (χ1v) is 5.29. The molecule has 0 aromatic rings. The van der Waals surface area contributed by atoms with Crippen LogP contribution in [0.15, 0.2) is 25.5 Å². The quantitative estimate of drug-likeness (QED) is 0.206. The Hall–Kier alpha value is -0.250. The van der Waals surface area contributed by atoms with Gasteiger partial charge in [-0.1, -0.05) is 32.1 Å². The van der Waals surface area contributed by atoms with E-state index in [1.165, 1.54) is 6.26 Å². The van der Waals surface area contributed by atoms with Crippen LogP contribution in [0.5, 0.6) is 0 Å². The van der Waals surface area contributed by atoms with Crippen molar-refractivity contribution in [1.82, 2.24) is 0 Å². The zero-order valence-electron chi connectivity index (χ0n) is 10.1. The number of hydrogen-bond acceptors (Lipinski definition) is 3. The van der Waals surface area contributed by atoms with Crippen LogP contribution in [0, 0.1) is 0 Å². The predicted octanol–water partition coefficient (Wildman–Crippen LogP) is -1.20. The Morgan fingerprint density at radius 3 is 2.38 bits per heavy atom. The van der Waals surface area contributed by atoms with E-state index in [-0.39, 0.29) is 42.1 Å². The maximum atomic E-state index is 10.1. The molecule has 0 aliphatic heterocycles. The van der Waals surface area contributed by atoms with E-state index in [0.29, 0.717) is 6.42 Å². The summed E-state index contributed by atoms with van der Waals surface area (Å²) in [6, 6.07) is 0. The van der Waals surface area contributed by atoms with E-state index in [4.69, 9.17) is 4.74 Å². The van der Waals surface area contributed by atoms with Crippen molar-refractivity contribution in [3.63, 3.8) is 0 Å². The van der Waals surface area contributed by atoms with Crippen molar-refractivity contribution < 1.29 is 44.2 Å². The zero-order chi connectivity index (χ0) is 11.5. The average Bonchev–Trinajstić information content (AvgIpc) is 2.21. The van der Waals surface area contributed by atoms with Gasteiger partial charge in [-0.05, 0) is 25.7 Å². The number of carbonyl (C=O) groups is 1. The fourth-order valence-electron chi connectivity index (χ4n) is 1.33. The van der Waals surface area contributed by atoms with E-state index in [0.717, 1.165) is 25.7 Å². The van der Waals surface area contributed by atoms with Crippen LogP contribution in [-0.2, 0) is 9.53 Å². The number of carboxylic acids is 1. The predicted molar refractivity (Wildman–Crippen MR) is 58.0 cm³/mol. The Bertz CT molecular complexity index is 204. The van der Waals surface area contributed by atoms with Crippen LogP contribution in [0.2, 0.25) is 0 Å². The molecule has 16 heavy (non-hydrogen) atoms. The molecule has 0 saturated heterocycles. The van der Waals surface area contributed by atoms with Gasteiger partial charge in [-0.25, -0.2) is 0 Å². The fraction of sp³-hybridized carbons (Fsp3) is 0.583. The molecule has 86 valence electrons. The SMILES string of the molecule is C=COC(C=C)CCCCCCC(=O)[O-].[Na+]. The molecule has 0 rings (SSSR count). The summed E-state index contributed by atoms with van der Waals surface area (Å²) in [6.45, 7) is 7.14. The van der Waals surface area contributed by atoms with Crippen molar-refractivity contribution in [2.75, 3.05) is 0 Å². The van der Waals surface area contributed by atoms with Crippen molar-refractivity contribution in [2.24, 2.45) is 0 Å². The molecule has 4 heteroatoms. The topological polar surface area (TPSA) is 49.4 Å². The van der Waals surface area contributed by atoms with Crippen molar-refractivity contribution in [3.05, 3.63) is 25.5 Å². The first kappa shape index (κ1) is 18.1. The van der Waals surface area contributed by atoms with Gasteiger partial charge in [0.25, 0.3) is 0 Å². The maximum absolute atomic E-state index is 10.1. The van der Waals surface area contributed by atoms with E-state index in [1.54, 1.807) is 6.08 Å². The van der Waals surface area contributed by atoms with Gasteiger partial charge in [0.05, 0.1) is 6.26 Å². The van der Waals surface area contributed by atoms with Gasteiger partial charge in [-0.3, -0.25) is 0 Å². The molecule has 0 fully saturated rings. The minimum atomic E-state index is -0.964. The molecule has 0 spiro atoms. The number of unbranched alkanes of at least 4 members (excludes halogenated alkanes) is 3. The number of carbonyl (C=O) groups excluding carboxylic acids is 1. The number of carboxylic acid groups (broad SMARTS) is 1. The van der Waals surface area contributed by atoms with Crippen molar-refractivity contribution in [2.45, 2.75) is 44.6 Å². The second-order valence-electron chi connectivity index (χ2n) is 3.40. The Kier molecular flexibility index (Phi) is 14.5. The molecule has 0 aromatic carbocycles. The van der Waals surface area contributed by atoms with Gasteiger partial charge in [-0.2, -0.15) is 0 Å². The maximum Gasteiger partial charge on any atom is 1.00 e. The summed E-state index contributed by atoms with van der Waals surface area (Å²) in [5, 5.41) is 10.1. The van der Waals surface area contributed by atoms with Crippen LogP contribution < -0.4 is 34.7 Å². The molecule has 0 aromatic heterocycles. The summed E-state index contributed by atoms with van der Waals surface area (Å²) in [7, 11) is 0. The minimum absolute atomic E-state index is 0. The van der Waals surface area contributed by atoms with Gasteiger partial charge in [0.1, 0.15) is 6.10 Å². The Morgan fingerprint density at radius 1 is 1.25 bits per heavy atom. The number of rotatable bonds is 10. The van der Waals surface area contributed by atoms with Crippen molar-refractivity contribution in [1.29, 1.82) is 0 Å². The average molecular weight is 234 g/mol. The molecule has 3 nitrogen and oxygen atoms in total.